The minimum atomic E-state index is -0.0925. The van der Waals surface area contributed by atoms with Gasteiger partial charge in [-0.15, -0.1) is 17.7 Å². The summed E-state index contributed by atoms with van der Waals surface area (Å²) in [5.74, 6) is 0. The molecule has 1 aromatic heterocycles. The second kappa shape index (κ2) is 4.57. The maximum Gasteiger partial charge on any atom is 0.186 e. The van der Waals surface area contributed by atoms with Crippen LogP contribution in [0.4, 0.5) is 0 Å². The predicted octanol–water partition coefficient (Wildman–Crippen LogP) is 1.49. The number of carbonyl (C=O) groups is 1. The topological polar surface area (TPSA) is 42.9 Å². The first-order valence-corrected chi connectivity index (χ1v) is 4.98. The Morgan fingerprint density at radius 1 is 1.67 bits per heavy atom. The fourth-order valence-electron chi connectivity index (χ4n) is 0.911. The Morgan fingerprint density at radius 2 is 2.42 bits per heavy atom. The number of hydrogen-bond acceptors (Lipinski definition) is 4. The number of aryl methyl sites for hydroxylation is 2. The molecular formula is C7H10N2OS2. The normalized spacial score (nSPS) is 10.2. The molecule has 0 saturated carbocycles. The lowest BCUT2D eigenvalue weighted by atomic mass is 10.2. The highest BCUT2D eigenvalue weighted by Gasteiger charge is 2.06. The molecule has 0 amide bonds. The summed E-state index contributed by atoms with van der Waals surface area (Å²) in [6.07, 6.45) is 2.05. The van der Waals surface area contributed by atoms with Crippen LogP contribution in [-0.4, -0.2) is 14.7 Å². The van der Waals surface area contributed by atoms with E-state index in [9.17, 15) is 4.79 Å². The van der Waals surface area contributed by atoms with Crippen molar-refractivity contribution in [3.63, 3.8) is 0 Å². The molecule has 0 aliphatic heterocycles. The lowest BCUT2D eigenvalue weighted by molar-refractivity contribution is -0.110. The van der Waals surface area contributed by atoms with E-state index in [0.717, 1.165) is 12.1 Å². The summed E-state index contributed by atoms with van der Waals surface area (Å²) >= 11 is 5.09. The van der Waals surface area contributed by atoms with Gasteiger partial charge in [0, 0.05) is 17.7 Å². The Balaban J connectivity index is 2.56. The molecule has 0 saturated heterocycles. The van der Waals surface area contributed by atoms with Crippen molar-refractivity contribution in [2.45, 2.75) is 26.2 Å². The summed E-state index contributed by atoms with van der Waals surface area (Å²) in [5.41, 5.74) is 0.949. The minimum absolute atomic E-state index is 0.0925. The molecule has 0 spiro atoms. The average Bonchev–Trinajstić information content (AvgIpc) is 2.47. The predicted molar refractivity (Wildman–Crippen MR) is 51.6 cm³/mol. The molecule has 5 heteroatoms. The SMILES string of the molecule is CCc1snnc1CCC(=O)S. The minimum Gasteiger partial charge on any atom is -0.287 e. The van der Waals surface area contributed by atoms with Crippen LogP contribution in [0.2, 0.25) is 0 Å². The van der Waals surface area contributed by atoms with Crippen LogP contribution in [0.1, 0.15) is 23.9 Å². The molecule has 0 fully saturated rings. The Labute approximate surface area is 80.8 Å². The van der Waals surface area contributed by atoms with E-state index >= 15 is 0 Å². The fraction of sp³-hybridized carbons (Fsp3) is 0.571. The molecule has 0 aliphatic carbocycles. The van der Waals surface area contributed by atoms with Gasteiger partial charge in [-0.2, -0.15) is 0 Å². The van der Waals surface area contributed by atoms with Crippen LogP contribution in [0.5, 0.6) is 0 Å². The molecule has 66 valence electrons. The van der Waals surface area contributed by atoms with Crippen molar-refractivity contribution in [2.24, 2.45) is 0 Å². The van der Waals surface area contributed by atoms with Gasteiger partial charge in [0.2, 0.25) is 0 Å². The van der Waals surface area contributed by atoms with E-state index in [1.54, 1.807) is 0 Å². The zero-order chi connectivity index (χ0) is 8.97. The van der Waals surface area contributed by atoms with Crippen molar-refractivity contribution >= 4 is 29.3 Å². The van der Waals surface area contributed by atoms with Crippen LogP contribution < -0.4 is 0 Å². The van der Waals surface area contributed by atoms with E-state index in [4.69, 9.17) is 0 Å². The molecule has 0 radical (unpaired) electrons. The largest absolute Gasteiger partial charge is 0.287 e. The number of aromatic nitrogens is 2. The molecule has 1 rings (SSSR count). The first-order valence-electron chi connectivity index (χ1n) is 3.76. The van der Waals surface area contributed by atoms with Crippen molar-refractivity contribution in [2.75, 3.05) is 0 Å². The van der Waals surface area contributed by atoms with E-state index in [1.807, 2.05) is 0 Å². The van der Waals surface area contributed by atoms with Crippen LogP contribution in [0.15, 0.2) is 0 Å². The first kappa shape index (κ1) is 9.67. The molecule has 0 N–H and O–H groups in total. The second-order valence-electron chi connectivity index (χ2n) is 2.39. The van der Waals surface area contributed by atoms with Gasteiger partial charge < -0.3 is 0 Å². The molecule has 0 unspecified atom stereocenters. The first-order chi connectivity index (χ1) is 5.74. The highest BCUT2D eigenvalue weighted by Crippen LogP contribution is 2.13. The summed E-state index contributed by atoms with van der Waals surface area (Å²) in [7, 11) is 0. The van der Waals surface area contributed by atoms with Gasteiger partial charge in [0.15, 0.2) is 5.12 Å². The van der Waals surface area contributed by atoms with Crippen LogP contribution in [0.25, 0.3) is 0 Å². The van der Waals surface area contributed by atoms with Crippen molar-refractivity contribution in [1.29, 1.82) is 0 Å². The zero-order valence-electron chi connectivity index (χ0n) is 6.78. The molecule has 12 heavy (non-hydrogen) atoms. The number of nitrogens with zero attached hydrogens (tertiary/aromatic N) is 2. The molecule has 0 aliphatic rings. The second-order valence-corrected chi connectivity index (χ2v) is 3.73. The molecule has 0 bridgehead atoms. The third-order valence-corrected chi connectivity index (χ3v) is 2.66. The van der Waals surface area contributed by atoms with Gasteiger partial charge in [-0.05, 0) is 18.0 Å². The van der Waals surface area contributed by atoms with Crippen LogP contribution in [0, 0.1) is 0 Å². The molecule has 1 heterocycles. The average molecular weight is 202 g/mol. The summed E-state index contributed by atoms with van der Waals surface area (Å²) in [5, 5.41) is 3.85. The fourth-order valence-corrected chi connectivity index (χ4v) is 1.64. The summed E-state index contributed by atoms with van der Waals surface area (Å²) in [6.45, 7) is 2.06. The zero-order valence-corrected chi connectivity index (χ0v) is 8.49. The van der Waals surface area contributed by atoms with Gasteiger partial charge in [0.05, 0.1) is 5.69 Å². The van der Waals surface area contributed by atoms with Crippen LogP contribution in [0.3, 0.4) is 0 Å². The van der Waals surface area contributed by atoms with Gasteiger partial charge in [-0.1, -0.05) is 11.4 Å². The number of carbonyl (C=O) groups excluding carboxylic acids is 1. The van der Waals surface area contributed by atoms with Gasteiger partial charge in [-0.25, -0.2) is 0 Å². The number of rotatable bonds is 4. The quantitative estimate of drug-likeness (QED) is 0.752. The van der Waals surface area contributed by atoms with Crippen molar-refractivity contribution < 1.29 is 4.79 Å². The monoisotopic (exact) mass is 202 g/mol. The van der Waals surface area contributed by atoms with Gasteiger partial charge >= 0.3 is 0 Å². The van der Waals surface area contributed by atoms with E-state index in [0.29, 0.717) is 12.8 Å². The summed E-state index contributed by atoms with van der Waals surface area (Å²) in [4.78, 5) is 11.7. The third-order valence-electron chi connectivity index (χ3n) is 1.53. The molecule has 3 nitrogen and oxygen atoms in total. The number of hydrogen-bond donors (Lipinski definition) is 1. The molecule has 1 aromatic rings. The number of thiol groups is 1. The van der Waals surface area contributed by atoms with E-state index in [1.165, 1.54) is 16.4 Å². The molecule has 0 atom stereocenters. The Bertz CT molecular complexity index is 272. The maximum absolute atomic E-state index is 10.6. The molecular weight excluding hydrogens is 192 g/mol. The van der Waals surface area contributed by atoms with Gasteiger partial charge in [0.1, 0.15) is 0 Å². The Kier molecular flexibility index (Phi) is 3.68. The van der Waals surface area contributed by atoms with Gasteiger partial charge in [-0.3, -0.25) is 4.79 Å². The van der Waals surface area contributed by atoms with Crippen molar-refractivity contribution in [3.8, 4) is 0 Å². The van der Waals surface area contributed by atoms with E-state index in [2.05, 4.69) is 29.1 Å². The Hall–Kier alpha value is -0.420. The smallest absolute Gasteiger partial charge is 0.186 e. The lowest BCUT2D eigenvalue weighted by Crippen LogP contribution is -1.95. The highest BCUT2D eigenvalue weighted by molar-refractivity contribution is 7.96. The standard InChI is InChI=1S/C7H10N2OS2/c1-2-6-5(8-9-12-6)3-4-7(10)11/h2-4H2,1H3,(H,10,11). The molecule has 0 aromatic carbocycles. The van der Waals surface area contributed by atoms with Crippen LogP contribution in [-0.2, 0) is 17.6 Å². The Morgan fingerprint density at radius 3 is 3.00 bits per heavy atom. The lowest BCUT2D eigenvalue weighted by Gasteiger charge is -1.94. The van der Waals surface area contributed by atoms with E-state index in [-0.39, 0.29) is 5.12 Å². The van der Waals surface area contributed by atoms with Crippen molar-refractivity contribution in [1.82, 2.24) is 9.59 Å². The van der Waals surface area contributed by atoms with Crippen LogP contribution >= 0.6 is 24.2 Å². The summed E-state index contributed by atoms with van der Waals surface area (Å²) < 4.78 is 3.83. The highest BCUT2D eigenvalue weighted by atomic mass is 32.1. The third kappa shape index (κ3) is 2.57. The van der Waals surface area contributed by atoms with Gasteiger partial charge in [0.25, 0.3) is 0 Å². The maximum atomic E-state index is 10.6. The van der Waals surface area contributed by atoms with Crippen molar-refractivity contribution in [3.05, 3.63) is 10.6 Å². The summed E-state index contributed by atoms with van der Waals surface area (Å²) in [6, 6.07) is 0. The van der Waals surface area contributed by atoms with E-state index < -0.39 is 0 Å².